The van der Waals surface area contributed by atoms with Crippen LogP contribution in [0.25, 0.3) is 0 Å². The molecule has 8 nitrogen and oxygen atoms in total. The van der Waals surface area contributed by atoms with Crippen molar-refractivity contribution in [3.63, 3.8) is 0 Å². The summed E-state index contributed by atoms with van der Waals surface area (Å²) < 4.78 is 26.7. The molecule has 154 valence electrons. The van der Waals surface area contributed by atoms with E-state index in [0.717, 1.165) is 6.42 Å². The summed E-state index contributed by atoms with van der Waals surface area (Å²) in [5.74, 6) is 1.02. The SMILES string of the molecule is CCCOc1ccccc1OCC(=O)O[C@H](C)C(=O)Nc1ccc2c(c1)OCO2. The summed E-state index contributed by atoms with van der Waals surface area (Å²) >= 11 is 0. The third kappa shape index (κ3) is 5.54. The van der Waals surface area contributed by atoms with Gasteiger partial charge in [-0.1, -0.05) is 19.1 Å². The highest BCUT2D eigenvalue weighted by molar-refractivity contribution is 5.95. The van der Waals surface area contributed by atoms with Crippen LogP contribution < -0.4 is 24.3 Å². The Labute approximate surface area is 168 Å². The van der Waals surface area contributed by atoms with E-state index in [1.807, 2.05) is 13.0 Å². The van der Waals surface area contributed by atoms with Crippen molar-refractivity contribution in [2.75, 3.05) is 25.3 Å². The summed E-state index contributed by atoms with van der Waals surface area (Å²) in [6.07, 6.45) is -0.144. The third-order valence-corrected chi connectivity index (χ3v) is 3.97. The van der Waals surface area contributed by atoms with Gasteiger partial charge in [0.05, 0.1) is 6.61 Å². The highest BCUT2D eigenvalue weighted by atomic mass is 16.7. The minimum absolute atomic E-state index is 0.146. The fraction of sp³-hybridized carbons (Fsp3) is 0.333. The maximum Gasteiger partial charge on any atom is 0.344 e. The first-order valence-corrected chi connectivity index (χ1v) is 9.31. The van der Waals surface area contributed by atoms with Gasteiger partial charge in [-0.15, -0.1) is 0 Å². The molecule has 1 atom stereocenters. The van der Waals surface area contributed by atoms with Gasteiger partial charge in [-0.25, -0.2) is 4.79 Å². The van der Waals surface area contributed by atoms with Crippen LogP contribution in [-0.2, 0) is 14.3 Å². The highest BCUT2D eigenvalue weighted by Crippen LogP contribution is 2.34. The van der Waals surface area contributed by atoms with Gasteiger partial charge in [-0.05, 0) is 37.6 Å². The molecule has 0 aromatic heterocycles. The Morgan fingerprint density at radius 3 is 2.55 bits per heavy atom. The Morgan fingerprint density at radius 1 is 1.07 bits per heavy atom. The Morgan fingerprint density at radius 2 is 1.79 bits per heavy atom. The van der Waals surface area contributed by atoms with Crippen molar-refractivity contribution in [1.82, 2.24) is 0 Å². The number of hydrogen-bond donors (Lipinski definition) is 1. The first-order chi connectivity index (χ1) is 14.1. The Hall–Kier alpha value is -3.42. The molecule has 0 bridgehead atoms. The molecule has 1 heterocycles. The molecule has 0 radical (unpaired) electrons. The van der Waals surface area contributed by atoms with E-state index in [0.29, 0.717) is 35.3 Å². The smallest absolute Gasteiger partial charge is 0.344 e. The average Bonchev–Trinajstić information content (AvgIpc) is 3.19. The molecule has 1 aliphatic heterocycles. The summed E-state index contributed by atoms with van der Waals surface area (Å²) in [7, 11) is 0. The van der Waals surface area contributed by atoms with Crippen LogP contribution in [0.3, 0.4) is 0 Å². The third-order valence-electron chi connectivity index (χ3n) is 3.97. The molecular formula is C21H23NO7. The number of ether oxygens (including phenoxy) is 5. The lowest BCUT2D eigenvalue weighted by Gasteiger charge is -2.15. The molecule has 8 heteroatoms. The Bertz CT molecular complexity index is 868. The van der Waals surface area contributed by atoms with Gasteiger partial charge >= 0.3 is 5.97 Å². The zero-order valence-electron chi connectivity index (χ0n) is 16.3. The summed E-state index contributed by atoms with van der Waals surface area (Å²) in [6.45, 7) is 3.83. The molecule has 2 aromatic carbocycles. The van der Waals surface area contributed by atoms with Crippen molar-refractivity contribution >= 4 is 17.6 Å². The number of fused-ring (bicyclic) bond motifs is 1. The molecule has 0 fully saturated rings. The second-order valence-corrected chi connectivity index (χ2v) is 6.27. The molecule has 1 amide bonds. The average molecular weight is 401 g/mol. The largest absolute Gasteiger partial charge is 0.490 e. The predicted molar refractivity (Wildman–Crippen MR) is 104 cm³/mol. The lowest BCUT2D eigenvalue weighted by atomic mass is 10.2. The number of carbonyl (C=O) groups excluding carboxylic acids is 2. The number of benzene rings is 2. The van der Waals surface area contributed by atoms with E-state index in [4.69, 9.17) is 23.7 Å². The van der Waals surface area contributed by atoms with E-state index in [1.54, 1.807) is 36.4 Å². The molecule has 3 rings (SSSR count). The normalized spacial score (nSPS) is 12.8. The van der Waals surface area contributed by atoms with Crippen molar-refractivity contribution < 1.29 is 33.3 Å². The van der Waals surface area contributed by atoms with Gasteiger partial charge in [0.15, 0.2) is 35.7 Å². The molecule has 0 saturated carbocycles. The van der Waals surface area contributed by atoms with E-state index in [-0.39, 0.29) is 13.4 Å². The molecule has 0 spiro atoms. The summed E-state index contributed by atoms with van der Waals surface area (Å²) in [5.41, 5.74) is 0.514. The lowest BCUT2D eigenvalue weighted by Crippen LogP contribution is -2.31. The summed E-state index contributed by atoms with van der Waals surface area (Å²) in [6, 6.07) is 12.1. The number of rotatable bonds is 9. The van der Waals surface area contributed by atoms with E-state index >= 15 is 0 Å². The van der Waals surface area contributed by atoms with Crippen molar-refractivity contribution in [3.8, 4) is 23.0 Å². The van der Waals surface area contributed by atoms with Gasteiger partial charge in [-0.3, -0.25) is 4.79 Å². The van der Waals surface area contributed by atoms with Crippen LogP contribution in [0, 0.1) is 0 Å². The van der Waals surface area contributed by atoms with Crippen LogP contribution in [0.5, 0.6) is 23.0 Å². The first-order valence-electron chi connectivity index (χ1n) is 9.31. The van der Waals surface area contributed by atoms with Crippen molar-refractivity contribution in [3.05, 3.63) is 42.5 Å². The Balaban J connectivity index is 1.48. The predicted octanol–water partition coefficient (Wildman–Crippen LogP) is 3.15. The van der Waals surface area contributed by atoms with Crippen LogP contribution >= 0.6 is 0 Å². The second-order valence-electron chi connectivity index (χ2n) is 6.27. The van der Waals surface area contributed by atoms with E-state index in [2.05, 4.69) is 5.32 Å². The van der Waals surface area contributed by atoms with Crippen LogP contribution in [0.15, 0.2) is 42.5 Å². The molecule has 0 saturated heterocycles. The Kier molecular flexibility index (Phi) is 6.78. The number of amides is 1. The monoisotopic (exact) mass is 401 g/mol. The number of nitrogens with one attached hydrogen (secondary N) is 1. The zero-order chi connectivity index (χ0) is 20.6. The fourth-order valence-corrected chi connectivity index (χ4v) is 2.54. The van der Waals surface area contributed by atoms with Crippen molar-refractivity contribution in [2.24, 2.45) is 0 Å². The maximum absolute atomic E-state index is 12.3. The van der Waals surface area contributed by atoms with Gasteiger partial charge in [-0.2, -0.15) is 0 Å². The van der Waals surface area contributed by atoms with Gasteiger partial charge in [0.2, 0.25) is 6.79 Å². The molecular weight excluding hydrogens is 378 g/mol. The number of hydrogen-bond acceptors (Lipinski definition) is 7. The van der Waals surface area contributed by atoms with Crippen LogP contribution in [-0.4, -0.2) is 38.0 Å². The van der Waals surface area contributed by atoms with E-state index in [1.165, 1.54) is 6.92 Å². The maximum atomic E-state index is 12.3. The first kappa shape index (κ1) is 20.3. The fourth-order valence-electron chi connectivity index (χ4n) is 2.54. The van der Waals surface area contributed by atoms with Gasteiger partial charge in [0.25, 0.3) is 5.91 Å². The van der Waals surface area contributed by atoms with Crippen LogP contribution in [0.4, 0.5) is 5.69 Å². The van der Waals surface area contributed by atoms with Crippen LogP contribution in [0.2, 0.25) is 0 Å². The zero-order valence-corrected chi connectivity index (χ0v) is 16.3. The van der Waals surface area contributed by atoms with E-state index in [9.17, 15) is 9.59 Å². The van der Waals surface area contributed by atoms with Crippen LogP contribution in [0.1, 0.15) is 20.3 Å². The molecule has 1 aliphatic rings. The summed E-state index contributed by atoms with van der Waals surface area (Å²) in [5, 5.41) is 2.67. The number of carbonyl (C=O) groups is 2. The van der Waals surface area contributed by atoms with Gasteiger partial charge < -0.3 is 29.0 Å². The topological polar surface area (TPSA) is 92.3 Å². The van der Waals surface area contributed by atoms with Crippen molar-refractivity contribution in [2.45, 2.75) is 26.4 Å². The molecule has 29 heavy (non-hydrogen) atoms. The minimum atomic E-state index is -0.997. The standard InChI is InChI=1S/C21H23NO7/c1-3-10-25-16-6-4-5-7-17(16)26-12-20(23)29-14(2)21(24)22-15-8-9-18-19(11-15)28-13-27-18/h4-9,11,14H,3,10,12-13H2,1-2H3,(H,22,24)/t14-/m1/s1. The minimum Gasteiger partial charge on any atom is -0.490 e. The van der Waals surface area contributed by atoms with E-state index < -0.39 is 18.0 Å². The molecule has 2 aromatic rings. The van der Waals surface area contributed by atoms with Gasteiger partial charge in [0, 0.05) is 11.8 Å². The van der Waals surface area contributed by atoms with Crippen molar-refractivity contribution in [1.29, 1.82) is 0 Å². The quantitative estimate of drug-likeness (QED) is 0.645. The summed E-state index contributed by atoms with van der Waals surface area (Å²) in [4.78, 5) is 24.3. The molecule has 0 unspecified atom stereocenters. The number of esters is 1. The lowest BCUT2D eigenvalue weighted by molar-refractivity contribution is -0.155. The number of para-hydroxylation sites is 2. The second kappa shape index (κ2) is 9.68. The highest BCUT2D eigenvalue weighted by Gasteiger charge is 2.20. The molecule has 1 N–H and O–H groups in total. The van der Waals surface area contributed by atoms with Gasteiger partial charge in [0.1, 0.15) is 0 Å². The number of anilines is 1. The molecule has 0 aliphatic carbocycles.